The number of hydrogen-bond donors (Lipinski definition) is 2. The molecule has 9 nitrogen and oxygen atoms in total. The van der Waals surface area contributed by atoms with Gasteiger partial charge in [-0.2, -0.15) is 0 Å². The molecule has 1 aromatic rings. The van der Waals surface area contributed by atoms with Gasteiger partial charge in [0.1, 0.15) is 11.6 Å². The normalized spacial score (nSPS) is 11.3. The van der Waals surface area contributed by atoms with Gasteiger partial charge in [0.25, 0.3) is 11.6 Å². The lowest BCUT2D eigenvalue weighted by Crippen LogP contribution is -2.46. The van der Waals surface area contributed by atoms with Gasteiger partial charge in [-0.05, 0) is 26.0 Å². The highest BCUT2D eigenvalue weighted by Crippen LogP contribution is 2.23. The number of nitro benzene ring substituents is 1. The predicted octanol–water partition coefficient (Wildman–Crippen LogP) is 1.05. The second-order valence-electron chi connectivity index (χ2n) is 4.68. The lowest BCUT2D eigenvalue weighted by atomic mass is 10.2. The average Bonchev–Trinajstić information content (AvgIpc) is 2.52. The van der Waals surface area contributed by atoms with Gasteiger partial charge in [-0.3, -0.25) is 19.7 Å². The van der Waals surface area contributed by atoms with E-state index in [1.165, 1.54) is 13.0 Å². The number of amides is 2. The Bertz CT molecular complexity index is 664. The second kappa shape index (κ2) is 8.82. The maximum atomic E-state index is 11.9. The molecule has 0 spiro atoms. The zero-order chi connectivity index (χ0) is 18.3. The molecule has 24 heavy (non-hydrogen) atoms. The molecule has 0 saturated heterocycles. The Kier molecular flexibility index (Phi) is 7.12. The third-order valence-electron chi connectivity index (χ3n) is 2.83. The van der Waals surface area contributed by atoms with Crippen LogP contribution in [0, 0.1) is 10.1 Å². The molecule has 0 aliphatic rings. The van der Waals surface area contributed by atoms with Crippen molar-refractivity contribution >= 4 is 35.1 Å². The molecular formula is C14H16ClN3O6. The van der Waals surface area contributed by atoms with Crippen molar-refractivity contribution in [1.29, 1.82) is 0 Å². The molecule has 0 saturated carbocycles. The van der Waals surface area contributed by atoms with Crippen LogP contribution < -0.4 is 10.6 Å². The fourth-order valence-electron chi connectivity index (χ4n) is 1.72. The van der Waals surface area contributed by atoms with Crippen LogP contribution in [0.1, 0.15) is 24.2 Å². The number of esters is 1. The molecule has 2 amide bonds. The van der Waals surface area contributed by atoms with Crippen LogP contribution in [-0.4, -0.2) is 41.9 Å². The van der Waals surface area contributed by atoms with E-state index in [9.17, 15) is 24.5 Å². The quantitative estimate of drug-likeness (QED) is 0.426. The van der Waals surface area contributed by atoms with Gasteiger partial charge >= 0.3 is 5.97 Å². The lowest BCUT2D eigenvalue weighted by Gasteiger charge is -2.13. The Morgan fingerprint density at radius 1 is 1.38 bits per heavy atom. The van der Waals surface area contributed by atoms with Crippen molar-refractivity contribution in [3.05, 3.63) is 38.9 Å². The molecule has 0 aromatic heterocycles. The standard InChI is InChI=1S/C14H16ClN3O6/c1-3-16-13(20)8(2)17-12(19)7-24-14(21)10-6-9(15)4-5-11(10)18(22)23/h4-6,8H,3,7H2,1-2H3,(H,16,20)(H,17,19)/t8-/m1/s1. The number of nitrogens with one attached hydrogen (secondary N) is 2. The van der Waals surface area contributed by atoms with Gasteiger partial charge in [-0.25, -0.2) is 4.79 Å². The van der Waals surface area contributed by atoms with Crippen LogP contribution in [0.3, 0.4) is 0 Å². The minimum absolute atomic E-state index is 0.113. The Morgan fingerprint density at radius 3 is 2.62 bits per heavy atom. The molecule has 0 aliphatic heterocycles. The summed E-state index contributed by atoms with van der Waals surface area (Å²) >= 11 is 5.71. The molecule has 130 valence electrons. The number of nitro groups is 1. The Hall–Kier alpha value is -2.68. The summed E-state index contributed by atoms with van der Waals surface area (Å²) in [5.74, 6) is -2.17. The van der Waals surface area contributed by atoms with Gasteiger partial charge in [0.15, 0.2) is 6.61 Å². The Morgan fingerprint density at radius 2 is 2.04 bits per heavy atom. The van der Waals surface area contributed by atoms with Gasteiger partial charge in [0.2, 0.25) is 5.91 Å². The molecule has 0 radical (unpaired) electrons. The SMILES string of the molecule is CCNC(=O)[C@@H](C)NC(=O)COC(=O)c1cc(Cl)ccc1[N+](=O)[O-]. The zero-order valence-electron chi connectivity index (χ0n) is 13.0. The van der Waals surface area contributed by atoms with E-state index >= 15 is 0 Å². The molecule has 10 heteroatoms. The molecule has 2 N–H and O–H groups in total. The maximum Gasteiger partial charge on any atom is 0.345 e. The van der Waals surface area contributed by atoms with Crippen molar-refractivity contribution in [3.63, 3.8) is 0 Å². The van der Waals surface area contributed by atoms with E-state index in [0.717, 1.165) is 12.1 Å². The van der Waals surface area contributed by atoms with Crippen molar-refractivity contribution < 1.29 is 24.0 Å². The largest absolute Gasteiger partial charge is 0.452 e. The van der Waals surface area contributed by atoms with Crippen molar-refractivity contribution in [1.82, 2.24) is 10.6 Å². The van der Waals surface area contributed by atoms with Gasteiger partial charge in [0, 0.05) is 17.6 Å². The smallest absolute Gasteiger partial charge is 0.345 e. The molecule has 1 aromatic carbocycles. The number of carbonyl (C=O) groups is 3. The predicted molar refractivity (Wildman–Crippen MR) is 84.7 cm³/mol. The minimum Gasteiger partial charge on any atom is -0.452 e. The topological polar surface area (TPSA) is 128 Å². The van der Waals surface area contributed by atoms with Crippen LogP contribution in [0.25, 0.3) is 0 Å². The number of benzene rings is 1. The monoisotopic (exact) mass is 357 g/mol. The number of nitrogens with zero attached hydrogens (tertiary/aromatic N) is 1. The van der Waals surface area contributed by atoms with Crippen LogP contribution >= 0.6 is 11.6 Å². The van der Waals surface area contributed by atoms with Crippen molar-refractivity contribution in [2.45, 2.75) is 19.9 Å². The first-order valence-corrected chi connectivity index (χ1v) is 7.32. The van der Waals surface area contributed by atoms with E-state index in [0.29, 0.717) is 6.54 Å². The van der Waals surface area contributed by atoms with Crippen LogP contribution in [0.5, 0.6) is 0 Å². The van der Waals surface area contributed by atoms with Gasteiger partial charge < -0.3 is 15.4 Å². The van der Waals surface area contributed by atoms with E-state index in [2.05, 4.69) is 10.6 Å². The van der Waals surface area contributed by atoms with Crippen LogP contribution in [0.15, 0.2) is 18.2 Å². The van der Waals surface area contributed by atoms with Crippen molar-refractivity contribution in [2.75, 3.05) is 13.2 Å². The molecule has 0 fully saturated rings. The fourth-order valence-corrected chi connectivity index (χ4v) is 1.89. The first-order valence-electron chi connectivity index (χ1n) is 6.94. The van der Waals surface area contributed by atoms with E-state index < -0.39 is 35.1 Å². The summed E-state index contributed by atoms with van der Waals surface area (Å²) in [7, 11) is 0. The van der Waals surface area contributed by atoms with Gasteiger partial charge in [-0.15, -0.1) is 0 Å². The zero-order valence-corrected chi connectivity index (χ0v) is 13.8. The summed E-state index contributed by atoms with van der Waals surface area (Å²) in [6.45, 7) is 2.91. The van der Waals surface area contributed by atoms with Crippen LogP contribution in [-0.2, 0) is 14.3 Å². The van der Waals surface area contributed by atoms with Gasteiger partial charge in [-0.1, -0.05) is 11.6 Å². The summed E-state index contributed by atoms with van der Waals surface area (Å²) in [5, 5.41) is 15.8. The molecule has 0 heterocycles. The number of rotatable bonds is 7. The Labute approximate surface area is 142 Å². The fraction of sp³-hybridized carbons (Fsp3) is 0.357. The van der Waals surface area contributed by atoms with E-state index in [-0.39, 0.29) is 16.5 Å². The van der Waals surface area contributed by atoms with Crippen molar-refractivity contribution in [2.24, 2.45) is 0 Å². The number of hydrogen-bond acceptors (Lipinski definition) is 6. The van der Waals surface area contributed by atoms with Crippen LogP contribution in [0.4, 0.5) is 5.69 Å². The average molecular weight is 358 g/mol. The molecule has 0 unspecified atom stereocenters. The van der Waals surface area contributed by atoms with E-state index in [4.69, 9.17) is 16.3 Å². The summed E-state index contributed by atoms with van der Waals surface area (Å²) in [4.78, 5) is 45.2. The summed E-state index contributed by atoms with van der Waals surface area (Å²) in [5.41, 5.74) is -0.849. The summed E-state index contributed by atoms with van der Waals surface area (Å²) < 4.78 is 4.73. The third-order valence-corrected chi connectivity index (χ3v) is 3.07. The number of likely N-dealkylation sites (N-methyl/N-ethyl adjacent to an activating group) is 1. The van der Waals surface area contributed by atoms with E-state index in [1.54, 1.807) is 6.92 Å². The molecule has 0 aliphatic carbocycles. The summed E-state index contributed by atoms with van der Waals surface area (Å²) in [6.07, 6.45) is 0. The highest BCUT2D eigenvalue weighted by atomic mass is 35.5. The summed E-state index contributed by atoms with van der Waals surface area (Å²) in [6, 6.07) is 2.60. The first-order chi connectivity index (χ1) is 11.3. The second-order valence-corrected chi connectivity index (χ2v) is 5.11. The number of halogens is 1. The molecule has 1 atom stereocenters. The van der Waals surface area contributed by atoms with Crippen LogP contribution in [0.2, 0.25) is 5.02 Å². The van der Waals surface area contributed by atoms with Gasteiger partial charge in [0.05, 0.1) is 4.92 Å². The molecular weight excluding hydrogens is 342 g/mol. The molecule has 1 rings (SSSR count). The van der Waals surface area contributed by atoms with E-state index in [1.807, 2.05) is 0 Å². The van der Waals surface area contributed by atoms with Crippen molar-refractivity contribution in [3.8, 4) is 0 Å². The minimum atomic E-state index is -1.06. The third kappa shape index (κ3) is 5.51. The lowest BCUT2D eigenvalue weighted by molar-refractivity contribution is -0.385. The molecule has 0 bridgehead atoms. The number of carbonyl (C=O) groups excluding carboxylic acids is 3. The number of ether oxygens (including phenoxy) is 1. The first kappa shape index (κ1) is 19.4. The highest BCUT2D eigenvalue weighted by molar-refractivity contribution is 6.31. The highest BCUT2D eigenvalue weighted by Gasteiger charge is 2.23. The maximum absolute atomic E-state index is 11.9. The Balaban J connectivity index is 2.66.